The second-order valence-electron chi connectivity index (χ2n) is 3.32. The van der Waals surface area contributed by atoms with E-state index in [0.29, 0.717) is 5.41 Å². The highest BCUT2D eigenvalue weighted by Crippen LogP contribution is 2.25. The zero-order valence-corrected chi connectivity index (χ0v) is 8.01. The first kappa shape index (κ1) is 13.8. The molecule has 0 aromatic rings. The van der Waals surface area contributed by atoms with Crippen LogP contribution in [0.1, 0.15) is 26.7 Å². The third-order valence-corrected chi connectivity index (χ3v) is 1.64. The van der Waals surface area contributed by atoms with Crippen molar-refractivity contribution in [3.8, 4) is 12.8 Å². The lowest BCUT2D eigenvalue weighted by molar-refractivity contribution is -0.0979. The second-order valence-corrected chi connectivity index (χ2v) is 3.32. The maximum atomic E-state index is 8.00. The van der Waals surface area contributed by atoms with Crippen molar-refractivity contribution in [2.75, 3.05) is 13.2 Å². The first-order valence-electron chi connectivity index (χ1n) is 3.91. The summed E-state index contributed by atoms with van der Waals surface area (Å²) in [4.78, 5) is 8.00. The molecule has 70 valence electrons. The fraction of sp³-hybridized carbons (Fsp3) is 0.700. The molecule has 0 bridgehead atoms. The molecule has 1 heterocycles. The maximum absolute atomic E-state index is 8.00. The zero-order valence-electron chi connectivity index (χ0n) is 8.01. The van der Waals surface area contributed by atoms with Gasteiger partial charge in [-0.3, -0.25) is 0 Å². The molecule has 1 rings (SSSR count). The van der Waals surface area contributed by atoms with E-state index in [1.54, 1.807) is 0 Å². The number of hydrogen-bond acceptors (Lipinski definition) is 2. The van der Waals surface area contributed by atoms with Crippen molar-refractivity contribution in [1.29, 1.82) is 0 Å². The molecular formula is C10H18O2. The second kappa shape index (κ2) is 8.29. The molecule has 0 amide bonds. The van der Waals surface area contributed by atoms with Crippen LogP contribution in [0.5, 0.6) is 0 Å². The van der Waals surface area contributed by atoms with Gasteiger partial charge in [-0.15, -0.1) is 12.8 Å². The molecule has 0 atom stereocenters. The molecule has 0 aromatic heterocycles. The SMILES string of the molecule is C#C.C=O.CC1(C)CCCOC1. The lowest BCUT2D eigenvalue weighted by Crippen LogP contribution is -2.24. The number of carbonyl (C=O) groups excluding carboxylic acids is 1. The highest BCUT2D eigenvalue weighted by Gasteiger charge is 2.20. The van der Waals surface area contributed by atoms with E-state index < -0.39 is 0 Å². The van der Waals surface area contributed by atoms with Crippen LogP contribution >= 0.6 is 0 Å². The molecule has 12 heavy (non-hydrogen) atoms. The summed E-state index contributed by atoms with van der Waals surface area (Å²) < 4.78 is 5.28. The van der Waals surface area contributed by atoms with Crippen molar-refractivity contribution in [2.45, 2.75) is 26.7 Å². The van der Waals surface area contributed by atoms with Crippen LogP contribution in [0, 0.1) is 18.3 Å². The number of carbonyl (C=O) groups is 1. The van der Waals surface area contributed by atoms with E-state index in [9.17, 15) is 0 Å². The highest BCUT2D eigenvalue weighted by atomic mass is 16.5. The van der Waals surface area contributed by atoms with Crippen molar-refractivity contribution < 1.29 is 9.53 Å². The van der Waals surface area contributed by atoms with E-state index in [2.05, 4.69) is 26.7 Å². The van der Waals surface area contributed by atoms with Gasteiger partial charge in [0.05, 0.1) is 6.61 Å². The molecule has 0 N–H and O–H groups in total. The fourth-order valence-corrected chi connectivity index (χ4v) is 1.07. The van der Waals surface area contributed by atoms with Crippen LogP contribution in [0.2, 0.25) is 0 Å². The molecule has 0 spiro atoms. The average molecular weight is 170 g/mol. The summed E-state index contributed by atoms with van der Waals surface area (Å²) in [5.41, 5.74) is 0.457. The third kappa shape index (κ3) is 7.30. The van der Waals surface area contributed by atoms with Crippen molar-refractivity contribution in [3.63, 3.8) is 0 Å². The van der Waals surface area contributed by atoms with Crippen LogP contribution in [0.25, 0.3) is 0 Å². The van der Waals surface area contributed by atoms with Gasteiger partial charge in [0.2, 0.25) is 0 Å². The Bertz CT molecular complexity index is 108. The van der Waals surface area contributed by atoms with Crippen LogP contribution in [0.4, 0.5) is 0 Å². The summed E-state index contributed by atoms with van der Waals surface area (Å²) in [5.74, 6) is 0. The molecule has 0 aromatic carbocycles. The van der Waals surface area contributed by atoms with Crippen molar-refractivity contribution in [1.82, 2.24) is 0 Å². The van der Waals surface area contributed by atoms with Crippen molar-refractivity contribution in [2.24, 2.45) is 5.41 Å². The summed E-state index contributed by atoms with van der Waals surface area (Å²) >= 11 is 0. The topological polar surface area (TPSA) is 26.3 Å². The summed E-state index contributed by atoms with van der Waals surface area (Å²) in [5, 5.41) is 0. The predicted octanol–water partition coefficient (Wildman–Crippen LogP) is 1.89. The van der Waals surface area contributed by atoms with E-state index in [0.717, 1.165) is 13.2 Å². The number of terminal acetylenes is 1. The van der Waals surface area contributed by atoms with Gasteiger partial charge in [-0.1, -0.05) is 13.8 Å². The number of rotatable bonds is 0. The molecule has 0 radical (unpaired) electrons. The Balaban J connectivity index is 0. The van der Waals surface area contributed by atoms with Crippen LogP contribution in [0.3, 0.4) is 0 Å². The minimum Gasteiger partial charge on any atom is -0.381 e. The Labute approximate surface area is 75.3 Å². The number of ether oxygens (including phenoxy) is 1. The smallest absolute Gasteiger partial charge is 0.106 e. The van der Waals surface area contributed by atoms with Crippen LogP contribution in [-0.4, -0.2) is 20.0 Å². The van der Waals surface area contributed by atoms with E-state index in [1.165, 1.54) is 12.8 Å². The Morgan fingerprint density at radius 3 is 2.00 bits per heavy atom. The van der Waals surface area contributed by atoms with Crippen LogP contribution in [0.15, 0.2) is 0 Å². The lowest BCUT2D eigenvalue weighted by Gasteiger charge is -2.28. The van der Waals surface area contributed by atoms with Crippen LogP contribution < -0.4 is 0 Å². The van der Waals surface area contributed by atoms with Gasteiger partial charge in [-0.05, 0) is 18.3 Å². The Morgan fingerprint density at radius 2 is 1.83 bits per heavy atom. The summed E-state index contributed by atoms with van der Waals surface area (Å²) in [6.07, 6.45) is 10.6. The van der Waals surface area contributed by atoms with Crippen molar-refractivity contribution >= 4 is 6.79 Å². The summed E-state index contributed by atoms with van der Waals surface area (Å²) in [7, 11) is 0. The summed E-state index contributed by atoms with van der Waals surface area (Å²) in [6.45, 7) is 8.44. The van der Waals surface area contributed by atoms with Crippen LogP contribution in [-0.2, 0) is 9.53 Å². The normalized spacial score (nSPS) is 19.0. The van der Waals surface area contributed by atoms with Gasteiger partial charge in [-0.25, -0.2) is 0 Å². The number of hydrogen-bond donors (Lipinski definition) is 0. The predicted molar refractivity (Wildman–Crippen MR) is 50.8 cm³/mol. The lowest BCUT2D eigenvalue weighted by atomic mass is 9.87. The van der Waals surface area contributed by atoms with Gasteiger partial charge >= 0.3 is 0 Å². The maximum Gasteiger partial charge on any atom is 0.106 e. The van der Waals surface area contributed by atoms with Gasteiger partial charge in [0.1, 0.15) is 6.79 Å². The molecular weight excluding hydrogens is 152 g/mol. The molecule has 0 unspecified atom stereocenters. The van der Waals surface area contributed by atoms with E-state index >= 15 is 0 Å². The van der Waals surface area contributed by atoms with Crippen molar-refractivity contribution in [3.05, 3.63) is 0 Å². The molecule has 2 heteroatoms. The fourth-order valence-electron chi connectivity index (χ4n) is 1.07. The molecule has 1 fully saturated rings. The van der Waals surface area contributed by atoms with E-state index in [-0.39, 0.29) is 0 Å². The molecule has 1 saturated heterocycles. The first-order chi connectivity index (χ1) is 5.71. The quantitative estimate of drug-likeness (QED) is 0.519. The van der Waals surface area contributed by atoms with Gasteiger partial charge in [-0.2, -0.15) is 0 Å². The Kier molecular flexibility index (Phi) is 9.50. The third-order valence-electron chi connectivity index (χ3n) is 1.64. The molecule has 0 saturated carbocycles. The minimum absolute atomic E-state index is 0.457. The molecule has 1 aliphatic rings. The molecule has 1 aliphatic heterocycles. The van der Waals surface area contributed by atoms with E-state index in [4.69, 9.17) is 9.53 Å². The standard InChI is InChI=1S/C7H14O.C2H2.CH2O/c1-7(2)4-3-5-8-6-7;2*1-2/h3-6H2,1-2H3;1-2H;1H2. The zero-order chi connectivity index (χ0) is 10.0. The first-order valence-corrected chi connectivity index (χ1v) is 3.91. The van der Waals surface area contributed by atoms with Gasteiger partial charge in [0, 0.05) is 6.61 Å². The summed E-state index contributed by atoms with van der Waals surface area (Å²) in [6, 6.07) is 0. The largest absolute Gasteiger partial charge is 0.381 e. The molecule has 0 aliphatic carbocycles. The van der Waals surface area contributed by atoms with Gasteiger partial charge in [0.15, 0.2) is 0 Å². The monoisotopic (exact) mass is 170 g/mol. The molecule has 2 nitrogen and oxygen atoms in total. The minimum atomic E-state index is 0.457. The Hall–Kier alpha value is -0.810. The Morgan fingerprint density at radius 1 is 1.33 bits per heavy atom. The average Bonchev–Trinajstić information content (AvgIpc) is 2.11. The van der Waals surface area contributed by atoms with Gasteiger partial charge in [0.25, 0.3) is 0 Å². The van der Waals surface area contributed by atoms with Gasteiger partial charge < -0.3 is 9.53 Å². The van der Waals surface area contributed by atoms with E-state index in [1.807, 2.05) is 6.79 Å². The highest BCUT2D eigenvalue weighted by molar-refractivity contribution is 5.10.